The molecule has 0 saturated carbocycles. The lowest BCUT2D eigenvalue weighted by atomic mass is 10.2. The molecule has 0 bridgehead atoms. The summed E-state index contributed by atoms with van der Waals surface area (Å²) in [5.41, 5.74) is 0.0332. The summed E-state index contributed by atoms with van der Waals surface area (Å²) in [6.45, 7) is 3.13. The van der Waals surface area contributed by atoms with E-state index in [2.05, 4.69) is 20.4 Å². The van der Waals surface area contributed by atoms with E-state index in [9.17, 15) is 13.6 Å². The highest BCUT2D eigenvalue weighted by molar-refractivity contribution is 6.02. The first-order chi connectivity index (χ1) is 10.9. The highest BCUT2D eigenvalue weighted by Gasteiger charge is 2.15. The fraction of sp³-hybridized carbons (Fsp3) is 0.429. The second-order valence-electron chi connectivity index (χ2n) is 5.10. The Balaban J connectivity index is 2.10. The molecule has 2 heterocycles. The van der Waals surface area contributed by atoms with Crippen molar-refractivity contribution in [3.63, 3.8) is 0 Å². The van der Waals surface area contributed by atoms with E-state index in [4.69, 9.17) is 4.74 Å². The van der Waals surface area contributed by atoms with Crippen molar-refractivity contribution in [3.05, 3.63) is 29.8 Å². The van der Waals surface area contributed by atoms with Gasteiger partial charge in [-0.2, -0.15) is 10.1 Å². The quantitative estimate of drug-likeness (QED) is 0.881. The third-order valence-electron chi connectivity index (χ3n) is 2.86. The summed E-state index contributed by atoms with van der Waals surface area (Å²) in [5.74, 6) is 0.616. The van der Waals surface area contributed by atoms with Gasteiger partial charge in [-0.15, -0.1) is 0 Å². The molecule has 2 aromatic rings. The zero-order chi connectivity index (χ0) is 17.0. The first-order valence-corrected chi connectivity index (χ1v) is 6.96. The summed E-state index contributed by atoms with van der Waals surface area (Å²) >= 11 is 0. The number of alkyl halides is 2. The van der Waals surface area contributed by atoms with Crippen molar-refractivity contribution in [1.29, 1.82) is 0 Å². The lowest BCUT2D eigenvalue weighted by Gasteiger charge is -2.07. The maximum atomic E-state index is 12.2. The monoisotopic (exact) mass is 325 g/mol. The average Bonchev–Trinajstić information content (AvgIpc) is 2.87. The number of rotatable bonds is 6. The van der Waals surface area contributed by atoms with Crippen molar-refractivity contribution in [2.45, 2.75) is 26.2 Å². The van der Waals surface area contributed by atoms with Gasteiger partial charge < -0.3 is 4.74 Å². The highest BCUT2D eigenvalue weighted by Crippen LogP contribution is 2.15. The Labute approximate surface area is 131 Å². The van der Waals surface area contributed by atoms with E-state index in [0.29, 0.717) is 5.82 Å². The summed E-state index contributed by atoms with van der Waals surface area (Å²) in [6.07, 6.45) is -1.28. The molecule has 23 heavy (non-hydrogen) atoms. The lowest BCUT2D eigenvalue weighted by molar-refractivity contribution is 0.0818. The Hall–Kier alpha value is -2.58. The molecule has 0 aliphatic heterocycles. The third kappa shape index (κ3) is 4.44. The van der Waals surface area contributed by atoms with Crippen LogP contribution in [-0.4, -0.2) is 38.7 Å². The minimum Gasteiger partial charge on any atom is -0.488 e. The maximum absolute atomic E-state index is 12.2. The van der Waals surface area contributed by atoms with Crippen LogP contribution in [0.2, 0.25) is 0 Å². The second kappa shape index (κ2) is 7.12. The van der Waals surface area contributed by atoms with Crippen LogP contribution < -0.4 is 10.1 Å². The summed E-state index contributed by atoms with van der Waals surface area (Å²) in [5, 5.41) is 6.76. The number of nitrogens with zero attached hydrogens (tertiary/aromatic N) is 4. The van der Waals surface area contributed by atoms with Crippen LogP contribution in [0.3, 0.4) is 0 Å². The van der Waals surface area contributed by atoms with Gasteiger partial charge in [0.2, 0.25) is 5.95 Å². The van der Waals surface area contributed by atoms with Crippen molar-refractivity contribution >= 4 is 11.9 Å². The molecule has 0 fully saturated rings. The number of hydrogen-bond donors (Lipinski definition) is 1. The van der Waals surface area contributed by atoms with Crippen molar-refractivity contribution in [2.75, 3.05) is 11.9 Å². The molecule has 0 unspecified atom stereocenters. The average molecular weight is 325 g/mol. The maximum Gasteiger partial charge on any atom is 0.276 e. The molecule has 0 aromatic carbocycles. The second-order valence-corrected chi connectivity index (χ2v) is 5.10. The SMILES string of the molecule is CC(C)c1nc(NC(=O)c2cc(OCC(F)F)ccn2)n(C)n1. The van der Waals surface area contributed by atoms with Gasteiger partial charge in [-0.1, -0.05) is 13.8 Å². The number of anilines is 1. The van der Waals surface area contributed by atoms with Gasteiger partial charge in [-0.25, -0.2) is 13.5 Å². The minimum atomic E-state index is -2.59. The number of carbonyl (C=O) groups excluding carboxylic acids is 1. The van der Waals surface area contributed by atoms with Crippen LogP contribution in [0.1, 0.15) is 36.1 Å². The number of ether oxygens (including phenoxy) is 1. The standard InChI is InChI=1S/C14H17F2N5O2/c1-8(2)12-18-14(21(3)20-12)19-13(22)10-6-9(4-5-17-10)23-7-11(15)16/h4-6,8,11H,7H2,1-3H3,(H,18,19,20,22). The van der Waals surface area contributed by atoms with Gasteiger partial charge in [0, 0.05) is 25.2 Å². The molecular formula is C14H17F2N5O2. The Kier molecular flexibility index (Phi) is 5.20. The van der Waals surface area contributed by atoms with E-state index in [0.717, 1.165) is 0 Å². The first-order valence-electron chi connectivity index (χ1n) is 6.96. The molecule has 0 aliphatic carbocycles. The number of amides is 1. The number of aromatic nitrogens is 4. The molecule has 7 nitrogen and oxygen atoms in total. The van der Waals surface area contributed by atoms with E-state index in [-0.39, 0.29) is 23.3 Å². The normalized spacial score (nSPS) is 11.1. The van der Waals surface area contributed by atoms with Crippen molar-refractivity contribution < 1.29 is 18.3 Å². The molecule has 1 N–H and O–H groups in total. The predicted octanol–water partition coefficient (Wildman–Crippen LogP) is 2.23. The summed E-state index contributed by atoms with van der Waals surface area (Å²) < 4.78 is 30.6. The van der Waals surface area contributed by atoms with Crippen LogP contribution in [0.5, 0.6) is 5.75 Å². The van der Waals surface area contributed by atoms with Crippen LogP contribution in [0.25, 0.3) is 0 Å². The molecule has 2 aromatic heterocycles. The molecule has 124 valence electrons. The van der Waals surface area contributed by atoms with E-state index < -0.39 is 18.9 Å². The Morgan fingerprint density at radius 3 is 2.78 bits per heavy atom. The summed E-state index contributed by atoms with van der Waals surface area (Å²) in [7, 11) is 1.66. The Bertz CT molecular complexity index is 688. The summed E-state index contributed by atoms with van der Waals surface area (Å²) in [6, 6.07) is 2.69. The van der Waals surface area contributed by atoms with Gasteiger partial charge >= 0.3 is 0 Å². The number of aryl methyl sites for hydroxylation is 1. The summed E-state index contributed by atoms with van der Waals surface area (Å²) in [4.78, 5) is 20.3. The van der Waals surface area contributed by atoms with Crippen LogP contribution in [-0.2, 0) is 7.05 Å². The third-order valence-corrected chi connectivity index (χ3v) is 2.86. The smallest absolute Gasteiger partial charge is 0.276 e. The topological polar surface area (TPSA) is 81.9 Å². The molecule has 9 heteroatoms. The van der Waals surface area contributed by atoms with Gasteiger partial charge in [0.1, 0.15) is 18.1 Å². The van der Waals surface area contributed by atoms with Gasteiger partial charge in [0.25, 0.3) is 12.3 Å². The number of pyridine rings is 1. The molecule has 1 amide bonds. The van der Waals surface area contributed by atoms with Crippen molar-refractivity contribution in [2.24, 2.45) is 7.05 Å². The van der Waals surface area contributed by atoms with E-state index in [1.807, 2.05) is 13.8 Å². The largest absolute Gasteiger partial charge is 0.488 e. The van der Waals surface area contributed by atoms with Gasteiger partial charge in [-0.3, -0.25) is 15.1 Å². The molecule has 0 saturated heterocycles. The van der Waals surface area contributed by atoms with Crippen molar-refractivity contribution in [3.8, 4) is 5.75 Å². The lowest BCUT2D eigenvalue weighted by Crippen LogP contribution is -2.17. The Morgan fingerprint density at radius 2 is 2.17 bits per heavy atom. The minimum absolute atomic E-state index is 0.0332. The van der Waals surface area contributed by atoms with Crippen molar-refractivity contribution in [1.82, 2.24) is 19.7 Å². The van der Waals surface area contributed by atoms with Gasteiger partial charge in [0.15, 0.2) is 5.82 Å². The number of nitrogens with one attached hydrogen (secondary N) is 1. The predicted molar refractivity (Wildman–Crippen MR) is 78.8 cm³/mol. The molecule has 0 aliphatic rings. The van der Waals surface area contributed by atoms with Gasteiger partial charge in [0.05, 0.1) is 0 Å². The molecule has 0 radical (unpaired) electrons. The number of hydrogen-bond acceptors (Lipinski definition) is 5. The zero-order valence-electron chi connectivity index (χ0n) is 13.0. The van der Waals surface area contributed by atoms with E-state index in [1.54, 1.807) is 7.05 Å². The molecule has 2 rings (SSSR count). The van der Waals surface area contributed by atoms with E-state index >= 15 is 0 Å². The van der Waals surface area contributed by atoms with Gasteiger partial charge in [-0.05, 0) is 6.07 Å². The Morgan fingerprint density at radius 1 is 1.43 bits per heavy atom. The first kappa shape index (κ1) is 16.8. The van der Waals surface area contributed by atoms with E-state index in [1.165, 1.54) is 23.0 Å². The van der Waals surface area contributed by atoms with Crippen LogP contribution in [0.15, 0.2) is 18.3 Å². The molecule has 0 spiro atoms. The number of carbonyl (C=O) groups is 1. The van der Waals surface area contributed by atoms with Crippen LogP contribution >= 0.6 is 0 Å². The highest BCUT2D eigenvalue weighted by atomic mass is 19.3. The number of halogens is 2. The fourth-order valence-electron chi connectivity index (χ4n) is 1.71. The van der Waals surface area contributed by atoms with Crippen LogP contribution in [0.4, 0.5) is 14.7 Å². The fourth-order valence-corrected chi connectivity index (χ4v) is 1.71. The zero-order valence-corrected chi connectivity index (χ0v) is 13.0. The molecular weight excluding hydrogens is 308 g/mol. The molecule has 0 atom stereocenters. The van der Waals surface area contributed by atoms with Crippen LogP contribution in [0, 0.1) is 0 Å².